The molecule has 0 spiro atoms. The molecule has 1 aromatic heterocycles. The highest BCUT2D eigenvalue weighted by molar-refractivity contribution is 5.91. The quantitative estimate of drug-likeness (QED) is 0.686. The van der Waals surface area contributed by atoms with Crippen molar-refractivity contribution in [3.63, 3.8) is 0 Å². The molecule has 2 amide bonds. The van der Waals surface area contributed by atoms with Gasteiger partial charge in [0.25, 0.3) is 5.91 Å². The predicted octanol–water partition coefficient (Wildman–Crippen LogP) is 2.73. The number of carbonyl (C=O) groups is 2. The molecule has 2 fully saturated rings. The molecule has 2 aliphatic rings. The summed E-state index contributed by atoms with van der Waals surface area (Å²) in [5, 5.41) is 0. The van der Waals surface area contributed by atoms with Crippen LogP contribution in [0.5, 0.6) is 11.5 Å². The van der Waals surface area contributed by atoms with Crippen LogP contribution in [0, 0.1) is 6.92 Å². The molecule has 3 heterocycles. The zero-order valence-corrected chi connectivity index (χ0v) is 19.0. The Morgan fingerprint density at radius 3 is 2.47 bits per heavy atom. The zero-order valence-electron chi connectivity index (χ0n) is 19.0. The fourth-order valence-electron chi connectivity index (χ4n) is 4.58. The van der Waals surface area contributed by atoms with Crippen LogP contribution in [0.2, 0.25) is 0 Å². The van der Waals surface area contributed by atoms with Crippen molar-refractivity contribution < 1.29 is 23.5 Å². The third kappa shape index (κ3) is 4.60. The first kappa shape index (κ1) is 22.2. The van der Waals surface area contributed by atoms with Crippen LogP contribution in [0.3, 0.4) is 0 Å². The van der Waals surface area contributed by atoms with Crippen LogP contribution < -0.4 is 9.47 Å². The van der Waals surface area contributed by atoms with E-state index in [2.05, 4.69) is 4.90 Å². The third-order valence-corrected chi connectivity index (χ3v) is 6.34. The Morgan fingerprint density at radius 1 is 1.03 bits per heavy atom. The predicted molar refractivity (Wildman–Crippen MR) is 119 cm³/mol. The lowest BCUT2D eigenvalue weighted by Gasteiger charge is -2.35. The van der Waals surface area contributed by atoms with E-state index in [1.165, 1.54) is 0 Å². The van der Waals surface area contributed by atoms with Gasteiger partial charge < -0.3 is 23.7 Å². The minimum Gasteiger partial charge on any atom is -0.497 e. The lowest BCUT2D eigenvalue weighted by Crippen LogP contribution is -2.51. The summed E-state index contributed by atoms with van der Waals surface area (Å²) in [6, 6.07) is 9.30. The van der Waals surface area contributed by atoms with Gasteiger partial charge >= 0.3 is 0 Å². The van der Waals surface area contributed by atoms with Crippen LogP contribution in [0.4, 0.5) is 0 Å². The van der Waals surface area contributed by atoms with Gasteiger partial charge in [0.15, 0.2) is 5.76 Å². The fourth-order valence-corrected chi connectivity index (χ4v) is 4.58. The van der Waals surface area contributed by atoms with Gasteiger partial charge in [-0.3, -0.25) is 14.5 Å². The molecule has 0 N–H and O–H groups in total. The molecule has 4 rings (SSSR count). The minimum atomic E-state index is -0.0877. The second-order valence-electron chi connectivity index (χ2n) is 8.33. The molecule has 0 radical (unpaired) electrons. The Hall–Kier alpha value is -3.00. The first-order valence-electron chi connectivity index (χ1n) is 11.1. The standard InChI is InChI=1S/C24H31N3O5/c1-17-6-9-21(32-17)24(29)26-13-11-25(12-14-26)16-23(28)27-10-4-5-20(27)19-8-7-18(30-2)15-22(19)31-3/h6-9,15,20H,4-5,10-14,16H2,1-3H3. The number of ether oxygens (including phenoxy) is 2. The third-order valence-electron chi connectivity index (χ3n) is 6.34. The van der Waals surface area contributed by atoms with E-state index in [1.54, 1.807) is 31.3 Å². The van der Waals surface area contributed by atoms with Gasteiger partial charge in [0, 0.05) is 44.4 Å². The van der Waals surface area contributed by atoms with Gasteiger partial charge in [0.1, 0.15) is 17.3 Å². The normalized spacial score (nSPS) is 19.3. The van der Waals surface area contributed by atoms with Gasteiger partial charge in [-0.1, -0.05) is 0 Å². The van der Waals surface area contributed by atoms with Gasteiger partial charge in [0.2, 0.25) is 5.91 Å². The Labute approximate surface area is 188 Å². The van der Waals surface area contributed by atoms with E-state index in [1.807, 2.05) is 30.0 Å². The zero-order chi connectivity index (χ0) is 22.7. The first-order valence-corrected chi connectivity index (χ1v) is 11.1. The van der Waals surface area contributed by atoms with Crippen LogP contribution in [-0.2, 0) is 4.79 Å². The molecule has 8 heteroatoms. The van der Waals surface area contributed by atoms with E-state index in [-0.39, 0.29) is 17.9 Å². The number of benzene rings is 1. The van der Waals surface area contributed by atoms with E-state index in [0.29, 0.717) is 38.5 Å². The van der Waals surface area contributed by atoms with Crippen LogP contribution in [-0.4, -0.2) is 80.0 Å². The Balaban J connectivity index is 1.35. The maximum atomic E-state index is 13.2. The highest BCUT2D eigenvalue weighted by Gasteiger charge is 2.33. The van der Waals surface area contributed by atoms with Crippen molar-refractivity contribution in [2.45, 2.75) is 25.8 Å². The Morgan fingerprint density at radius 2 is 1.81 bits per heavy atom. The van der Waals surface area contributed by atoms with Crippen molar-refractivity contribution in [2.24, 2.45) is 0 Å². The number of nitrogens with zero attached hydrogens (tertiary/aromatic N) is 3. The number of carbonyl (C=O) groups excluding carboxylic acids is 2. The molecule has 1 atom stereocenters. The summed E-state index contributed by atoms with van der Waals surface area (Å²) in [7, 11) is 3.27. The molecule has 1 unspecified atom stereocenters. The molecule has 172 valence electrons. The van der Waals surface area contributed by atoms with E-state index in [4.69, 9.17) is 13.9 Å². The van der Waals surface area contributed by atoms with Crippen LogP contribution in [0.15, 0.2) is 34.7 Å². The first-order chi connectivity index (χ1) is 15.5. The monoisotopic (exact) mass is 441 g/mol. The van der Waals surface area contributed by atoms with Gasteiger partial charge in [-0.15, -0.1) is 0 Å². The van der Waals surface area contributed by atoms with E-state index in [9.17, 15) is 9.59 Å². The Bertz CT molecular complexity index is 964. The molecule has 2 saturated heterocycles. The number of hydrogen-bond acceptors (Lipinski definition) is 6. The highest BCUT2D eigenvalue weighted by atomic mass is 16.5. The molecule has 1 aromatic carbocycles. The van der Waals surface area contributed by atoms with Crippen molar-refractivity contribution >= 4 is 11.8 Å². The maximum absolute atomic E-state index is 13.2. The lowest BCUT2D eigenvalue weighted by molar-refractivity contribution is -0.133. The molecule has 8 nitrogen and oxygen atoms in total. The van der Waals surface area contributed by atoms with Gasteiger partial charge in [-0.2, -0.15) is 0 Å². The number of amides is 2. The number of hydrogen-bond donors (Lipinski definition) is 0. The van der Waals surface area contributed by atoms with Crippen LogP contribution in [0.25, 0.3) is 0 Å². The largest absolute Gasteiger partial charge is 0.497 e. The molecule has 2 aliphatic heterocycles. The fraction of sp³-hybridized carbons (Fsp3) is 0.500. The van der Waals surface area contributed by atoms with Gasteiger partial charge in [-0.25, -0.2) is 0 Å². The van der Waals surface area contributed by atoms with E-state index >= 15 is 0 Å². The van der Waals surface area contributed by atoms with Crippen LogP contribution >= 0.6 is 0 Å². The summed E-state index contributed by atoms with van der Waals surface area (Å²) in [6.07, 6.45) is 1.88. The number of aryl methyl sites for hydroxylation is 1. The second-order valence-corrected chi connectivity index (χ2v) is 8.33. The van der Waals surface area contributed by atoms with Crippen molar-refractivity contribution in [1.82, 2.24) is 14.7 Å². The maximum Gasteiger partial charge on any atom is 0.289 e. The number of methoxy groups -OCH3 is 2. The van der Waals surface area contributed by atoms with Crippen molar-refractivity contribution in [3.8, 4) is 11.5 Å². The molecule has 0 aliphatic carbocycles. The van der Waals surface area contributed by atoms with E-state index < -0.39 is 0 Å². The molecule has 2 aromatic rings. The smallest absolute Gasteiger partial charge is 0.289 e. The SMILES string of the molecule is COc1ccc(C2CCCN2C(=O)CN2CCN(C(=O)c3ccc(C)o3)CC2)c(OC)c1. The summed E-state index contributed by atoms with van der Waals surface area (Å²) in [4.78, 5) is 31.6. The summed E-state index contributed by atoms with van der Waals surface area (Å²) in [6.45, 7) is 5.44. The average molecular weight is 442 g/mol. The molecular formula is C24H31N3O5. The highest BCUT2D eigenvalue weighted by Crippen LogP contribution is 2.38. The summed E-state index contributed by atoms with van der Waals surface area (Å²) in [5.74, 6) is 2.61. The summed E-state index contributed by atoms with van der Waals surface area (Å²) < 4.78 is 16.3. The van der Waals surface area contributed by atoms with Gasteiger partial charge in [0.05, 0.1) is 26.8 Å². The molecular weight excluding hydrogens is 410 g/mol. The summed E-state index contributed by atoms with van der Waals surface area (Å²) in [5.41, 5.74) is 1.02. The minimum absolute atomic E-state index is 0.00779. The average Bonchev–Trinajstić information content (AvgIpc) is 3.48. The van der Waals surface area contributed by atoms with Crippen molar-refractivity contribution in [3.05, 3.63) is 47.4 Å². The number of furan rings is 1. The lowest BCUT2D eigenvalue weighted by atomic mass is 10.0. The van der Waals surface area contributed by atoms with Crippen molar-refractivity contribution in [1.29, 1.82) is 0 Å². The van der Waals surface area contributed by atoms with E-state index in [0.717, 1.165) is 42.2 Å². The van der Waals surface area contributed by atoms with Crippen molar-refractivity contribution in [2.75, 3.05) is 53.5 Å². The number of piperazine rings is 1. The molecule has 32 heavy (non-hydrogen) atoms. The topological polar surface area (TPSA) is 75.5 Å². The second kappa shape index (κ2) is 9.65. The number of rotatable bonds is 6. The molecule has 0 bridgehead atoms. The Kier molecular flexibility index (Phi) is 6.69. The van der Waals surface area contributed by atoms with Gasteiger partial charge in [-0.05, 0) is 44.0 Å². The number of likely N-dealkylation sites (tertiary alicyclic amines) is 1. The molecule has 0 saturated carbocycles. The summed E-state index contributed by atoms with van der Waals surface area (Å²) >= 11 is 0. The van der Waals surface area contributed by atoms with Crippen LogP contribution in [0.1, 0.15) is 40.8 Å².